The summed E-state index contributed by atoms with van der Waals surface area (Å²) in [5.41, 5.74) is -0.739. The lowest BCUT2D eigenvalue weighted by atomic mass is 9.96. The fourth-order valence-electron chi connectivity index (χ4n) is 2.34. The Morgan fingerprint density at radius 1 is 1.17 bits per heavy atom. The molecule has 1 aliphatic rings. The average molecular weight is 321 g/mol. The Hall–Kier alpha value is -2.77. The predicted molar refractivity (Wildman–Crippen MR) is 77.1 cm³/mol. The average Bonchev–Trinajstić information content (AvgIpc) is 2.55. The second-order valence-corrected chi connectivity index (χ2v) is 5.12. The molecule has 1 aromatic carbocycles. The number of hydrogen-bond acceptors (Lipinski definition) is 7. The molecule has 0 unspecified atom stereocenters. The number of rotatable bonds is 4. The molecule has 8 heteroatoms. The number of esters is 2. The van der Waals surface area contributed by atoms with Crippen LogP contribution >= 0.6 is 0 Å². The van der Waals surface area contributed by atoms with Crippen molar-refractivity contribution in [2.45, 2.75) is 31.8 Å². The van der Waals surface area contributed by atoms with E-state index in [-0.39, 0.29) is 16.9 Å². The lowest BCUT2D eigenvalue weighted by molar-refractivity contribution is -0.384. The van der Waals surface area contributed by atoms with Gasteiger partial charge in [-0.3, -0.25) is 14.9 Å². The van der Waals surface area contributed by atoms with Crippen molar-refractivity contribution in [1.82, 2.24) is 0 Å². The number of Topliss-reactive ketones (excluding diaryl/α,β-unsaturated/α-hetero) is 1. The highest BCUT2D eigenvalue weighted by Gasteiger charge is 2.27. The van der Waals surface area contributed by atoms with Gasteiger partial charge < -0.3 is 9.47 Å². The molecular formula is C15H15NO7. The van der Waals surface area contributed by atoms with E-state index in [4.69, 9.17) is 4.74 Å². The molecule has 1 saturated carbocycles. The minimum Gasteiger partial charge on any atom is -0.465 e. The SMILES string of the molecule is COC(=O)c1cc(C(=O)O[C@@H]2CCCCC2=O)cc([N+](=O)[O-])c1. The Morgan fingerprint density at radius 3 is 2.39 bits per heavy atom. The van der Waals surface area contributed by atoms with E-state index < -0.39 is 28.7 Å². The number of benzene rings is 1. The highest BCUT2D eigenvalue weighted by molar-refractivity contribution is 5.97. The molecule has 0 amide bonds. The van der Waals surface area contributed by atoms with Crippen molar-refractivity contribution in [3.05, 3.63) is 39.4 Å². The third kappa shape index (κ3) is 3.91. The molecule has 0 bridgehead atoms. The van der Waals surface area contributed by atoms with Crippen molar-refractivity contribution < 1.29 is 28.8 Å². The molecule has 1 atom stereocenters. The first kappa shape index (κ1) is 16.6. The Labute approximate surface area is 131 Å². The standard InChI is InChI=1S/C15H15NO7/c1-22-14(18)9-6-10(8-11(7-9)16(20)21)15(19)23-13-5-3-2-4-12(13)17/h6-8,13H,2-5H2,1H3/t13-/m1/s1. The Morgan fingerprint density at radius 2 is 1.83 bits per heavy atom. The molecule has 0 heterocycles. The van der Waals surface area contributed by atoms with Crippen molar-refractivity contribution in [3.8, 4) is 0 Å². The Kier molecular flexibility index (Phi) is 5.05. The molecule has 0 saturated heterocycles. The number of nitro benzene ring substituents is 1. The zero-order valence-corrected chi connectivity index (χ0v) is 12.4. The van der Waals surface area contributed by atoms with Gasteiger partial charge >= 0.3 is 11.9 Å². The fourth-order valence-corrected chi connectivity index (χ4v) is 2.34. The van der Waals surface area contributed by atoms with Crippen LogP contribution in [0.5, 0.6) is 0 Å². The molecule has 2 rings (SSSR count). The third-order valence-corrected chi connectivity index (χ3v) is 3.53. The summed E-state index contributed by atoms with van der Waals surface area (Å²) in [7, 11) is 1.12. The van der Waals surface area contributed by atoms with Gasteiger partial charge in [-0.2, -0.15) is 0 Å². The van der Waals surface area contributed by atoms with Crippen molar-refractivity contribution in [2.75, 3.05) is 7.11 Å². The van der Waals surface area contributed by atoms with E-state index in [0.29, 0.717) is 12.8 Å². The molecule has 0 spiro atoms. The summed E-state index contributed by atoms with van der Waals surface area (Å²) in [5.74, 6) is -1.85. The molecule has 0 N–H and O–H groups in total. The van der Waals surface area contributed by atoms with Crippen LogP contribution in [0.15, 0.2) is 18.2 Å². The maximum absolute atomic E-state index is 12.1. The zero-order valence-electron chi connectivity index (χ0n) is 12.4. The maximum Gasteiger partial charge on any atom is 0.339 e. The monoisotopic (exact) mass is 321 g/mol. The summed E-state index contributed by atoms with van der Waals surface area (Å²) in [6, 6.07) is 3.16. The number of carbonyl (C=O) groups excluding carboxylic acids is 3. The van der Waals surface area contributed by atoms with Crippen molar-refractivity contribution >= 4 is 23.4 Å². The van der Waals surface area contributed by atoms with Gasteiger partial charge in [0.05, 0.1) is 23.2 Å². The molecule has 0 radical (unpaired) electrons. The maximum atomic E-state index is 12.1. The van der Waals surface area contributed by atoms with Crippen LogP contribution in [0.4, 0.5) is 5.69 Å². The molecule has 122 valence electrons. The molecule has 1 fully saturated rings. The summed E-state index contributed by atoms with van der Waals surface area (Å²) in [4.78, 5) is 45.6. The summed E-state index contributed by atoms with van der Waals surface area (Å²) < 4.78 is 9.63. The van der Waals surface area contributed by atoms with Gasteiger partial charge in [0.1, 0.15) is 0 Å². The second kappa shape index (κ2) is 6.99. The molecule has 0 aliphatic heterocycles. The van der Waals surface area contributed by atoms with E-state index in [2.05, 4.69) is 4.74 Å². The van der Waals surface area contributed by atoms with E-state index in [9.17, 15) is 24.5 Å². The van der Waals surface area contributed by atoms with Crippen LogP contribution in [0.2, 0.25) is 0 Å². The normalized spacial score (nSPS) is 17.4. The molecule has 1 aliphatic carbocycles. The number of non-ortho nitro benzene ring substituents is 1. The number of hydrogen-bond donors (Lipinski definition) is 0. The van der Waals surface area contributed by atoms with Crippen LogP contribution in [0, 0.1) is 10.1 Å². The number of carbonyl (C=O) groups is 3. The lowest BCUT2D eigenvalue weighted by Gasteiger charge is -2.20. The van der Waals surface area contributed by atoms with Crippen molar-refractivity contribution in [1.29, 1.82) is 0 Å². The molecular weight excluding hydrogens is 306 g/mol. The minimum atomic E-state index is -0.876. The second-order valence-electron chi connectivity index (χ2n) is 5.12. The summed E-state index contributed by atoms with van der Waals surface area (Å²) in [6.45, 7) is 0. The van der Waals surface area contributed by atoms with Crippen molar-refractivity contribution in [2.24, 2.45) is 0 Å². The number of ether oxygens (including phenoxy) is 2. The Balaban J connectivity index is 2.27. The molecule has 8 nitrogen and oxygen atoms in total. The third-order valence-electron chi connectivity index (χ3n) is 3.53. The largest absolute Gasteiger partial charge is 0.465 e. The van der Waals surface area contributed by atoms with Gasteiger partial charge in [0.2, 0.25) is 0 Å². The zero-order chi connectivity index (χ0) is 17.0. The number of nitro groups is 1. The van der Waals surface area contributed by atoms with Crippen LogP contribution in [-0.4, -0.2) is 35.9 Å². The molecule has 1 aromatic rings. The summed E-state index contributed by atoms with van der Waals surface area (Å²) in [5, 5.41) is 10.9. The highest BCUT2D eigenvalue weighted by Crippen LogP contribution is 2.22. The number of ketones is 1. The number of nitrogens with zero attached hydrogens (tertiary/aromatic N) is 1. The first-order chi connectivity index (χ1) is 10.9. The van der Waals surface area contributed by atoms with Gasteiger partial charge in [-0.1, -0.05) is 0 Å². The first-order valence-corrected chi connectivity index (χ1v) is 7.04. The van der Waals surface area contributed by atoms with Gasteiger partial charge in [0.15, 0.2) is 11.9 Å². The van der Waals surface area contributed by atoms with Crippen LogP contribution in [0.25, 0.3) is 0 Å². The predicted octanol–water partition coefficient (Wildman–Crippen LogP) is 2.05. The van der Waals surface area contributed by atoms with Gasteiger partial charge in [0, 0.05) is 18.6 Å². The molecule has 0 aromatic heterocycles. The van der Waals surface area contributed by atoms with E-state index in [0.717, 1.165) is 38.2 Å². The van der Waals surface area contributed by atoms with E-state index in [1.807, 2.05) is 0 Å². The Bertz CT molecular complexity index is 668. The van der Waals surface area contributed by atoms with E-state index >= 15 is 0 Å². The smallest absolute Gasteiger partial charge is 0.339 e. The van der Waals surface area contributed by atoms with Gasteiger partial charge in [0.25, 0.3) is 5.69 Å². The fraction of sp³-hybridized carbons (Fsp3) is 0.400. The topological polar surface area (TPSA) is 113 Å². The van der Waals surface area contributed by atoms with Crippen LogP contribution in [0.3, 0.4) is 0 Å². The van der Waals surface area contributed by atoms with Crippen LogP contribution < -0.4 is 0 Å². The quantitative estimate of drug-likeness (QED) is 0.473. The van der Waals surface area contributed by atoms with E-state index in [1.165, 1.54) is 0 Å². The minimum absolute atomic E-state index is 0.136. The van der Waals surface area contributed by atoms with Crippen LogP contribution in [0.1, 0.15) is 46.4 Å². The van der Waals surface area contributed by atoms with Gasteiger partial charge in [-0.15, -0.1) is 0 Å². The highest BCUT2D eigenvalue weighted by atomic mass is 16.6. The molecule has 23 heavy (non-hydrogen) atoms. The van der Waals surface area contributed by atoms with Gasteiger partial charge in [-0.05, 0) is 25.3 Å². The lowest BCUT2D eigenvalue weighted by Crippen LogP contribution is -2.30. The van der Waals surface area contributed by atoms with Crippen LogP contribution in [-0.2, 0) is 14.3 Å². The van der Waals surface area contributed by atoms with Crippen molar-refractivity contribution in [3.63, 3.8) is 0 Å². The summed E-state index contributed by atoms with van der Waals surface area (Å²) in [6.07, 6.45) is 1.48. The number of methoxy groups -OCH3 is 1. The van der Waals surface area contributed by atoms with Gasteiger partial charge in [-0.25, -0.2) is 9.59 Å². The first-order valence-electron chi connectivity index (χ1n) is 7.04. The van der Waals surface area contributed by atoms with E-state index in [1.54, 1.807) is 0 Å². The summed E-state index contributed by atoms with van der Waals surface area (Å²) >= 11 is 0.